The molecule has 20 N–H and O–H groups in total. The number of aromatic amines is 1. The van der Waals surface area contributed by atoms with E-state index in [0.717, 1.165) is 35.7 Å². The van der Waals surface area contributed by atoms with Crippen molar-refractivity contribution in [3.63, 3.8) is 0 Å². The van der Waals surface area contributed by atoms with Crippen molar-refractivity contribution in [3.05, 3.63) is 65.9 Å². The largest absolute Gasteiger partial charge is 0.508 e. The molecule has 1 unspecified atom stereocenters. The number of carboxylic acids is 1. The predicted octanol–water partition coefficient (Wildman–Crippen LogP) is 1.21. The van der Waals surface area contributed by atoms with Gasteiger partial charge in [0.2, 0.25) is 59.1 Å². The van der Waals surface area contributed by atoms with Crippen LogP contribution in [0.15, 0.2) is 54.7 Å². The first-order valence-corrected chi connectivity index (χ1v) is 31.7. The van der Waals surface area contributed by atoms with Gasteiger partial charge in [0.25, 0.3) is 0 Å². The van der Waals surface area contributed by atoms with Gasteiger partial charge in [-0.05, 0) is 93.8 Å². The Hall–Kier alpha value is -8.17. The highest BCUT2D eigenvalue weighted by atomic mass is 16.4. The maximum absolute atomic E-state index is 14.4. The van der Waals surface area contributed by atoms with E-state index in [1.165, 1.54) is 76.1 Å². The maximum Gasteiger partial charge on any atom is 0.325 e. The number of amides is 10. The van der Waals surface area contributed by atoms with E-state index in [9.17, 15) is 63.0 Å². The first-order valence-electron chi connectivity index (χ1n) is 31.7. The molecular weight excluding hydrogens is 1160 g/mol. The van der Waals surface area contributed by atoms with Crippen molar-refractivity contribution in [3.8, 4) is 5.75 Å². The summed E-state index contributed by atoms with van der Waals surface area (Å²) >= 11 is 0. The molecule has 0 aliphatic heterocycles. The average Bonchev–Trinajstić information content (AvgIpc) is 2.06. The van der Waals surface area contributed by atoms with E-state index in [0.29, 0.717) is 31.2 Å². The van der Waals surface area contributed by atoms with Crippen molar-refractivity contribution < 1.29 is 63.0 Å². The number of para-hydroxylation sites is 1. The molecule has 27 nitrogen and oxygen atoms in total. The summed E-state index contributed by atoms with van der Waals surface area (Å²) in [6.07, 6.45) is 14.7. The van der Waals surface area contributed by atoms with Gasteiger partial charge >= 0.3 is 5.97 Å². The van der Waals surface area contributed by atoms with Gasteiger partial charge in [0.05, 0.1) is 19.5 Å². The van der Waals surface area contributed by atoms with Crippen molar-refractivity contribution >= 4 is 75.9 Å². The fourth-order valence-electron chi connectivity index (χ4n) is 9.97. The zero-order chi connectivity index (χ0) is 66.5. The van der Waals surface area contributed by atoms with Crippen LogP contribution in [-0.2, 0) is 65.6 Å². The minimum atomic E-state index is -1.75. The van der Waals surface area contributed by atoms with E-state index < -0.39 is 133 Å². The number of hydrogen-bond acceptors (Lipinski definition) is 15. The molecular formula is C63H100N14O13. The number of fused-ring (bicyclic) bond motifs is 1. The molecule has 0 radical (unpaired) electrons. The Morgan fingerprint density at radius 2 is 1.10 bits per heavy atom. The van der Waals surface area contributed by atoms with E-state index in [1.807, 2.05) is 24.3 Å². The molecule has 1 aromatic heterocycles. The van der Waals surface area contributed by atoms with Crippen LogP contribution in [0.3, 0.4) is 0 Å². The normalized spacial score (nSPS) is 14.2. The number of hydrogen-bond donors (Lipinski definition) is 16. The molecule has 0 saturated heterocycles. The number of phenols is 1. The van der Waals surface area contributed by atoms with Gasteiger partial charge in [0, 0.05) is 42.4 Å². The zero-order valence-electron chi connectivity index (χ0n) is 52.8. The Morgan fingerprint density at radius 3 is 1.72 bits per heavy atom. The van der Waals surface area contributed by atoms with Crippen molar-refractivity contribution in [1.82, 2.24) is 52.8 Å². The van der Waals surface area contributed by atoms with Crippen LogP contribution in [0.25, 0.3) is 10.9 Å². The highest BCUT2D eigenvalue weighted by molar-refractivity contribution is 5.99. The highest BCUT2D eigenvalue weighted by Gasteiger charge is 2.37. The lowest BCUT2D eigenvalue weighted by atomic mass is 9.96. The molecule has 0 aliphatic rings. The predicted molar refractivity (Wildman–Crippen MR) is 340 cm³/mol. The van der Waals surface area contributed by atoms with Gasteiger partial charge in [-0.1, -0.05) is 122 Å². The lowest BCUT2D eigenvalue weighted by Gasteiger charge is -2.30. The Labute approximate surface area is 527 Å². The minimum absolute atomic E-state index is 0.0834. The fraction of sp³-hybridized carbons (Fsp3) is 0.603. The van der Waals surface area contributed by atoms with Crippen LogP contribution in [0.2, 0.25) is 0 Å². The van der Waals surface area contributed by atoms with Gasteiger partial charge in [-0.2, -0.15) is 0 Å². The van der Waals surface area contributed by atoms with Gasteiger partial charge in [0.1, 0.15) is 48.0 Å². The summed E-state index contributed by atoms with van der Waals surface area (Å²) in [6, 6.07) is 2.00. The Balaban J connectivity index is 1.73. The number of nitrogens with one attached hydrogen (secondary N) is 10. The number of benzene rings is 2. The Kier molecular flexibility index (Phi) is 35.4. The van der Waals surface area contributed by atoms with Crippen molar-refractivity contribution in [1.29, 1.82) is 0 Å². The van der Waals surface area contributed by atoms with Crippen LogP contribution < -0.4 is 70.8 Å². The van der Waals surface area contributed by atoms with Crippen molar-refractivity contribution in [2.24, 2.45) is 28.9 Å². The number of aliphatic carboxylic acids is 1. The molecule has 0 spiro atoms. The number of phenolic OH excluding ortho intramolecular Hbond substituents is 1. The zero-order valence-corrected chi connectivity index (χ0v) is 52.8. The van der Waals surface area contributed by atoms with E-state index in [-0.39, 0.29) is 63.3 Å². The molecule has 3 rings (SSSR count). The first kappa shape index (κ1) is 76.1. The topological polar surface area (TPSA) is 456 Å². The summed E-state index contributed by atoms with van der Waals surface area (Å²) < 4.78 is 0. The fourth-order valence-corrected chi connectivity index (χ4v) is 9.97. The maximum atomic E-state index is 14.4. The van der Waals surface area contributed by atoms with Crippen molar-refractivity contribution in [2.45, 2.75) is 211 Å². The van der Waals surface area contributed by atoms with Crippen LogP contribution in [0.5, 0.6) is 5.75 Å². The average molecular weight is 1260 g/mol. The van der Waals surface area contributed by atoms with E-state index in [4.69, 9.17) is 22.9 Å². The quantitative estimate of drug-likeness (QED) is 0.0354. The third-order valence-corrected chi connectivity index (χ3v) is 15.5. The standard InChI is InChI=1S/C63H100N14O13/c1-5-7-8-9-10-11-12-13-14-15-16-26-52(80)72-49(34-42-36-68-46-24-18-17-22-44(42)46)57(83)70-37-53(81)69-38-54(82)76-55(39(3)6-2)61(87)77-56(45(66)23-21-32-65)62(88)73-47(25-19-20-31-64)58(84)75-50(35-51(67)79)60(86)74-48(59(85)71-40(4)63(89)90)33-41-27-29-43(78)30-28-41/h17-18,22,24,27-30,36,39-40,45,47-50,55-56,68,78H,5-16,19-21,23,25-26,31-35,37-38,64-66H2,1-4H3,(H2,67,79)(H,69,81)(H,70,83)(H,71,85)(H,72,80)(H,73,88)(H,74,86)(H,75,84)(H,76,82)(H,77,87)(H,89,90)/t39-,40-,45?,47-,48-,49-,50-,55-,56-/m0/s1. The minimum Gasteiger partial charge on any atom is -0.508 e. The summed E-state index contributed by atoms with van der Waals surface area (Å²) in [5.74, 6) is -10.4. The van der Waals surface area contributed by atoms with Crippen LogP contribution in [0.1, 0.15) is 161 Å². The monoisotopic (exact) mass is 1260 g/mol. The molecule has 27 heteroatoms. The number of H-pyrrole nitrogens is 1. The number of unbranched alkanes of at least 4 members (excludes halogenated alkanes) is 11. The molecule has 10 amide bonds. The molecule has 500 valence electrons. The second-order valence-corrected chi connectivity index (χ2v) is 23.1. The molecule has 3 aromatic rings. The Bertz CT molecular complexity index is 2780. The number of aromatic hydroxyl groups is 1. The third kappa shape index (κ3) is 28.5. The number of nitrogens with two attached hydrogens (primary N) is 4. The molecule has 1 heterocycles. The van der Waals surface area contributed by atoms with Gasteiger partial charge in [0.15, 0.2) is 0 Å². The number of primary amides is 1. The number of aromatic nitrogens is 1. The van der Waals surface area contributed by atoms with Gasteiger partial charge < -0.3 is 86.0 Å². The first-order chi connectivity index (χ1) is 43.0. The van der Waals surface area contributed by atoms with E-state index in [1.54, 1.807) is 20.0 Å². The third-order valence-electron chi connectivity index (χ3n) is 15.5. The number of carboxylic acid groups (broad SMARTS) is 1. The lowest BCUT2D eigenvalue weighted by Crippen LogP contribution is -2.63. The number of carbonyl (C=O) groups is 11. The number of rotatable bonds is 46. The summed E-state index contributed by atoms with van der Waals surface area (Å²) in [6.45, 7) is 5.99. The Morgan fingerprint density at radius 1 is 0.533 bits per heavy atom. The highest BCUT2D eigenvalue weighted by Crippen LogP contribution is 2.20. The lowest BCUT2D eigenvalue weighted by molar-refractivity contribution is -0.142. The second kappa shape index (κ2) is 41.9. The van der Waals surface area contributed by atoms with Gasteiger partial charge in [-0.3, -0.25) is 52.7 Å². The molecule has 90 heavy (non-hydrogen) atoms. The van der Waals surface area contributed by atoms with E-state index >= 15 is 0 Å². The second-order valence-electron chi connectivity index (χ2n) is 23.1. The summed E-state index contributed by atoms with van der Waals surface area (Å²) in [5, 5.41) is 43.0. The molecule has 2 aromatic carbocycles. The van der Waals surface area contributed by atoms with Crippen LogP contribution in [0, 0.1) is 5.92 Å². The van der Waals surface area contributed by atoms with Crippen LogP contribution in [-0.4, -0.2) is 155 Å². The van der Waals surface area contributed by atoms with Crippen LogP contribution >= 0.6 is 0 Å². The van der Waals surface area contributed by atoms with Crippen LogP contribution in [0.4, 0.5) is 0 Å². The number of carbonyl (C=O) groups excluding carboxylic acids is 10. The summed E-state index contributed by atoms with van der Waals surface area (Å²) in [7, 11) is 0. The van der Waals surface area contributed by atoms with Crippen molar-refractivity contribution in [2.75, 3.05) is 26.2 Å². The van der Waals surface area contributed by atoms with E-state index in [2.05, 4.69) is 59.8 Å². The molecule has 0 fully saturated rings. The smallest absolute Gasteiger partial charge is 0.325 e. The summed E-state index contributed by atoms with van der Waals surface area (Å²) in [5.41, 5.74) is 25.7. The molecule has 0 bridgehead atoms. The van der Waals surface area contributed by atoms with Gasteiger partial charge in [-0.25, -0.2) is 0 Å². The SMILES string of the molecule is CCCCCCCCCCCCCC(=O)N[C@@H](Cc1c[nH]c2ccccc12)C(=O)NCC(=O)NCC(=O)N[C@H](C(=O)N[C@H](C(=O)N[C@@H](CCCCN)C(=O)N[C@@H](CC(N)=O)C(=O)N[C@@H](Cc1ccc(O)cc1)C(=O)N[C@@H](C)C(=O)O)C(N)CCCN)[C@@H](C)CC. The van der Waals surface area contributed by atoms with Gasteiger partial charge in [-0.15, -0.1) is 0 Å². The summed E-state index contributed by atoms with van der Waals surface area (Å²) in [4.78, 5) is 151. The molecule has 9 atom stereocenters. The molecule has 0 aliphatic carbocycles. The molecule has 0 saturated carbocycles.